The smallest absolute Gasteiger partial charge is 0.182 e. The van der Waals surface area contributed by atoms with Crippen molar-refractivity contribution in [2.45, 2.75) is 56.1 Å². The van der Waals surface area contributed by atoms with Gasteiger partial charge in [0.05, 0.1) is 22.1 Å². The molecule has 2 rings (SSSR count). The van der Waals surface area contributed by atoms with Gasteiger partial charge in [-0.25, -0.2) is 8.42 Å². The van der Waals surface area contributed by atoms with Crippen molar-refractivity contribution >= 4 is 9.84 Å². The molecule has 1 aliphatic rings. The summed E-state index contributed by atoms with van der Waals surface area (Å²) in [5.41, 5.74) is 0.770. The fraction of sp³-hybridized carbons (Fsp3) is 0.588. The zero-order valence-corrected chi connectivity index (χ0v) is 13.6. The third-order valence-electron chi connectivity index (χ3n) is 4.56. The van der Waals surface area contributed by atoms with E-state index in [9.17, 15) is 13.7 Å². The van der Waals surface area contributed by atoms with E-state index in [1.165, 1.54) is 0 Å². The van der Waals surface area contributed by atoms with Crippen molar-refractivity contribution in [2.24, 2.45) is 11.8 Å². The van der Waals surface area contributed by atoms with Crippen molar-refractivity contribution in [1.82, 2.24) is 0 Å². The molecule has 0 aromatic heterocycles. The van der Waals surface area contributed by atoms with Gasteiger partial charge in [0, 0.05) is 0 Å². The molecule has 3 unspecified atom stereocenters. The van der Waals surface area contributed by atoms with E-state index in [-0.39, 0.29) is 5.92 Å². The predicted molar refractivity (Wildman–Crippen MR) is 83.5 cm³/mol. The monoisotopic (exact) mass is 305 g/mol. The lowest BCUT2D eigenvalue weighted by Crippen LogP contribution is -2.36. The minimum Gasteiger partial charge on any atom is -0.223 e. The Morgan fingerprint density at radius 1 is 1.29 bits per heavy atom. The second-order valence-electron chi connectivity index (χ2n) is 6.05. The van der Waals surface area contributed by atoms with E-state index in [0.29, 0.717) is 23.7 Å². The van der Waals surface area contributed by atoms with Crippen LogP contribution in [0.2, 0.25) is 0 Å². The maximum absolute atomic E-state index is 13.0. The summed E-state index contributed by atoms with van der Waals surface area (Å²) < 4.78 is 26.0. The number of nitrogens with zero attached hydrogens (tertiary/aromatic N) is 1. The van der Waals surface area contributed by atoms with Gasteiger partial charge in [-0.3, -0.25) is 0 Å². The van der Waals surface area contributed by atoms with Crippen molar-refractivity contribution < 1.29 is 8.42 Å². The average Bonchev–Trinajstić information content (AvgIpc) is 2.48. The standard InChI is InChI=1S/C17H23NO2S/c1-3-6-14-9-10-15(12-18)17(11-14)21(19,20)16-8-5-4-7-13(16)2/h4-5,7-8,14-15,17H,3,6,9-11H2,1-2H3. The van der Waals surface area contributed by atoms with Crippen LogP contribution in [0.1, 0.15) is 44.6 Å². The molecule has 0 spiro atoms. The SMILES string of the molecule is CCCC1CCC(C#N)C(S(=O)(=O)c2ccccc2C)C1. The number of benzene rings is 1. The summed E-state index contributed by atoms with van der Waals surface area (Å²) >= 11 is 0. The Morgan fingerprint density at radius 2 is 2.00 bits per heavy atom. The zero-order chi connectivity index (χ0) is 15.5. The largest absolute Gasteiger partial charge is 0.223 e. The molecule has 0 aliphatic heterocycles. The van der Waals surface area contributed by atoms with Crippen LogP contribution in [0.5, 0.6) is 0 Å². The van der Waals surface area contributed by atoms with Crippen LogP contribution in [0, 0.1) is 30.1 Å². The highest BCUT2D eigenvalue weighted by molar-refractivity contribution is 7.92. The molecule has 3 nitrogen and oxygen atoms in total. The highest BCUT2D eigenvalue weighted by Crippen LogP contribution is 2.38. The Labute approximate surface area is 127 Å². The Kier molecular flexibility index (Phi) is 5.05. The number of hydrogen-bond donors (Lipinski definition) is 0. The van der Waals surface area contributed by atoms with E-state index < -0.39 is 15.1 Å². The molecular weight excluding hydrogens is 282 g/mol. The molecule has 0 saturated heterocycles. The van der Waals surface area contributed by atoms with E-state index in [2.05, 4.69) is 13.0 Å². The first kappa shape index (κ1) is 16.0. The summed E-state index contributed by atoms with van der Waals surface area (Å²) in [5.74, 6) is 0.0612. The highest BCUT2D eigenvalue weighted by atomic mass is 32.2. The molecule has 0 bridgehead atoms. The van der Waals surface area contributed by atoms with E-state index >= 15 is 0 Å². The molecular formula is C17H23NO2S. The Balaban J connectivity index is 2.36. The van der Waals surface area contributed by atoms with Crippen LogP contribution in [0.25, 0.3) is 0 Å². The first-order valence-corrected chi connectivity index (χ1v) is 9.24. The maximum atomic E-state index is 13.0. The molecule has 1 fully saturated rings. The molecule has 1 aliphatic carbocycles. The van der Waals surface area contributed by atoms with Crippen molar-refractivity contribution in [3.8, 4) is 6.07 Å². The quantitative estimate of drug-likeness (QED) is 0.848. The van der Waals surface area contributed by atoms with Gasteiger partial charge < -0.3 is 0 Å². The van der Waals surface area contributed by atoms with Gasteiger partial charge in [-0.15, -0.1) is 0 Å². The Bertz CT molecular complexity index is 630. The van der Waals surface area contributed by atoms with Gasteiger partial charge in [0.15, 0.2) is 9.84 Å². The van der Waals surface area contributed by atoms with Gasteiger partial charge in [0.1, 0.15) is 0 Å². The summed E-state index contributed by atoms with van der Waals surface area (Å²) in [6, 6.07) is 9.32. The van der Waals surface area contributed by atoms with Crippen LogP contribution in [0.3, 0.4) is 0 Å². The van der Waals surface area contributed by atoms with Gasteiger partial charge in [0.2, 0.25) is 0 Å². The van der Waals surface area contributed by atoms with Crippen LogP contribution in [-0.2, 0) is 9.84 Å². The van der Waals surface area contributed by atoms with E-state index in [0.717, 1.165) is 24.8 Å². The van der Waals surface area contributed by atoms with Gasteiger partial charge in [-0.05, 0) is 43.7 Å². The van der Waals surface area contributed by atoms with Crippen molar-refractivity contribution in [3.63, 3.8) is 0 Å². The lowest BCUT2D eigenvalue weighted by atomic mass is 9.80. The molecule has 4 heteroatoms. The van der Waals surface area contributed by atoms with Crippen LogP contribution < -0.4 is 0 Å². The summed E-state index contributed by atoms with van der Waals surface area (Å²) in [5, 5.41) is 8.80. The van der Waals surface area contributed by atoms with Crippen LogP contribution in [0.4, 0.5) is 0 Å². The first-order chi connectivity index (χ1) is 10.0. The maximum Gasteiger partial charge on any atom is 0.182 e. The molecule has 1 aromatic rings. The third kappa shape index (κ3) is 3.29. The number of sulfone groups is 1. The number of hydrogen-bond acceptors (Lipinski definition) is 3. The summed E-state index contributed by atoms with van der Waals surface area (Å²) in [6.45, 7) is 3.95. The molecule has 1 saturated carbocycles. The van der Waals surface area contributed by atoms with E-state index in [4.69, 9.17) is 0 Å². The number of nitriles is 1. The third-order valence-corrected chi connectivity index (χ3v) is 6.95. The molecule has 3 atom stereocenters. The number of rotatable bonds is 4. The van der Waals surface area contributed by atoms with Gasteiger partial charge in [0.25, 0.3) is 0 Å². The van der Waals surface area contributed by atoms with Gasteiger partial charge >= 0.3 is 0 Å². The second kappa shape index (κ2) is 6.62. The van der Waals surface area contributed by atoms with E-state index in [1.54, 1.807) is 12.1 Å². The zero-order valence-electron chi connectivity index (χ0n) is 12.7. The molecule has 0 heterocycles. The molecule has 0 N–H and O–H groups in total. The minimum atomic E-state index is -3.43. The van der Waals surface area contributed by atoms with Crippen molar-refractivity contribution in [2.75, 3.05) is 0 Å². The highest BCUT2D eigenvalue weighted by Gasteiger charge is 2.40. The summed E-state index contributed by atoms with van der Waals surface area (Å²) in [4.78, 5) is 0.396. The van der Waals surface area contributed by atoms with Crippen LogP contribution in [0.15, 0.2) is 29.2 Å². The van der Waals surface area contributed by atoms with Crippen molar-refractivity contribution in [1.29, 1.82) is 5.26 Å². The second-order valence-corrected chi connectivity index (χ2v) is 8.19. The Morgan fingerprint density at radius 3 is 2.62 bits per heavy atom. The molecule has 1 aromatic carbocycles. The summed E-state index contributed by atoms with van der Waals surface area (Å²) in [7, 11) is -3.43. The normalized spacial score (nSPS) is 26.2. The van der Waals surface area contributed by atoms with Crippen LogP contribution >= 0.6 is 0 Å². The fourth-order valence-electron chi connectivity index (χ4n) is 3.41. The van der Waals surface area contributed by atoms with Crippen LogP contribution in [-0.4, -0.2) is 13.7 Å². The molecule has 0 amide bonds. The molecule has 21 heavy (non-hydrogen) atoms. The summed E-state index contributed by atoms with van der Waals surface area (Å²) in [6.07, 6.45) is 4.43. The molecule has 114 valence electrons. The lowest BCUT2D eigenvalue weighted by Gasteiger charge is -2.32. The molecule has 0 radical (unpaired) electrons. The predicted octanol–water partition coefficient (Wildman–Crippen LogP) is 3.88. The van der Waals surface area contributed by atoms with Gasteiger partial charge in [-0.2, -0.15) is 5.26 Å². The van der Waals surface area contributed by atoms with Gasteiger partial charge in [-0.1, -0.05) is 38.0 Å². The van der Waals surface area contributed by atoms with Crippen molar-refractivity contribution in [3.05, 3.63) is 29.8 Å². The first-order valence-electron chi connectivity index (χ1n) is 7.69. The topological polar surface area (TPSA) is 57.9 Å². The minimum absolute atomic E-state index is 0.372. The van der Waals surface area contributed by atoms with E-state index in [1.807, 2.05) is 19.1 Å². The number of aryl methyl sites for hydroxylation is 1. The fourth-order valence-corrected chi connectivity index (χ4v) is 5.68. The average molecular weight is 305 g/mol. The lowest BCUT2D eigenvalue weighted by molar-refractivity contribution is 0.298. The Hall–Kier alpha value is -1.34.